The average Bonchev–Trinajstić information content (AvgIpc) is 1.62. The van der Waals surface area contributed by atoms with E-state index in [0.717, 1.165) is 201 Å². The van der Waals surface area contributed by atoms with Crippen molar-refractivity contribution in [1.82, 2.24) is 44.9 Å². The Bertz CT molecular complexity index is 8610. The number of benzene rings is 12. The Morgan fingerprint density at radius 2 is 0.257 bits per heavy atom. The smallest absolute Gasteiger partial charge is 0.0737 e. The summed E-state index contributed by atoms with van der Waals surface area (Å²) in [5, 5.41) is 0. The summed E-state index contributed by atoms with van der Waals surface area (Å²) in [6.07, 6.45) is 26.4. The molecule has 27 rings (SSSR count). The van der Waals surface area contributed by atoms with Crippen LogP contribution in [0.25, 0.3) is 273 Å². The Labute approximate surface area is 863 Å². The quantitative estimate of drug-likeness (QED) is 0.0728. The number of hydrogen-bond donors (Lipinski definition) is 6. The van der Waals surface area contributed by atoms with Crippen molar-refractivity contribution in [3.05, 3.63) is 522 Å². The monoisotopic (exact) mass is 1900 g/mol. The van der Waals surface area contributed by atoms with Gasteiger partial charge in [0.1, 0.15) is 0 Å². The number of nitrogens with one attached hydrogen (secondary N) is 6. The van der Waals surface area contributed by atoms with E-state index in [9.17, 15) is 0 Å². The zero-order valence-electron chi connectivity index (χ0n) is 80.4. The van der Waals surface area contributed by atoms with Crippen molar-refractivity contribution in [3.8, 4) is 134 Å². The van der Waals surface area contributed by atoms with E-state index in [-0.39, 0.29) is 16.3 Å². The van der Waals surface area contributed by atoms with E-state index in [0.29, 0.717) is 0 Å². The fourth-order valence-corrected chi connectivity index (χ4v) is 21.3. The first-order chi connectivity index (χ1) is 72.2. The van der Waals surface area contributed by atoms with Gasteiger partial charge in [-0.2, -0.15) is 0 Å². The van der Waals surface area contributed by atoms with Crippen LogP contribution in [0.2, 0.25) is 0 Å². The molecule has 3 aliphatic carbocycles. The van der Waals surface area contributed by atoms with Crippen LogP contribution in [-0.2, 0) is 0 Å². The van der Waals surface area contributed by atoms with Gasteiger partial charge in [0.05, 0.1) is 34.2 Å². The molecule has 0 atom stereocenters. The molecule has 9 nitrogen and oxygen atoms in total. The summed E-state index contributed by atoms with van der Waals surface area (Å²) in [7, 11) is 0. The van der Waals surface area contributed by atoms with Gasteiger partial charge in [-0.25, -0.2) is 15.0 Å². The molecular weight excluding hydrogens is 1800 g/mol. The molecule has 0 fully saturated rings. The first-order valence-corrected chi connectivity index (χ1v) is 49.8. The van der Waals surface area contributed by atoms with E-state index in [4.69, 9.17) is 15.0 Å². The average molecular weight is 1900 g/mol. The zero-order valence-corrected chi connectivity index (χ0v) is 80.4. The Morgan fingerprint density at radius 1 is 0.135 bits per heavy atom. The summed E-state index contributed by atoms with van der Waals surface area (Å²) in [4.78, 5) is 39.2. The third-order valence-corrected chi connectivity index (χ3v) is 28.1. The Kier molecular flexibility index (Phi) is 25.3. The molecule has 0 spiro atoms. The lowest BCUT2D eigenvalue weighted by atomic mass is 9.99. The molecule has 24 bridgehead atoms. The zero-order chi connectivity index (χ0) is 97.3. The molecule has 12 heterocycles. The Morgan fingerprint density at radius 3 is 0.405 bits per heavy atom. The first-order valence-electron chi connectivity index (χ1n) is 49.8. The van der Waals surface area contributed by atoms with Crippen molar-refractivity contribution in [2.45, 2.75) is 28.7 Å². The summed E-state index contributed by atoms with van der Waals surface area (Å²) >= 11 is 0. The Balaban J connectivity index is 0.000000125. The van der Waals surface area contributed by atoms with Crippen LogP contribution < -0.4 is 0 Å². The molecule has 6 aliphatic rings. The van der Waals surface area contributed by atoms with E-state index in [2.05, 4.69) is 535 Å². The summed E-state index contributed by atoms with van der Waals surface area (Å²) < 4.78 is 0. The molecule has 0 saturated heterocycles. The fourth-order valence-electron chi connectivity index (χ4n) is 21.3. The van der Waals surface area contributed by atoms with Gasteiger partial charge in [0.25, 0.3) is 0 Å². The van der Waals surface area contributed by atoms with E-state index in [1.807, 2.05) is 24.3 Å². The number of fused-ring (bicyclic) bond motifs is 24. The second-order valence-corrected chi connectivity index (χ2v) is 37.4. The van der Waals surface area contributed by atoms with Crippen molar-refractivity contribution >= 4 is 139 Å². The second kappa shape index (κ2) is 40.6. The molecule has 708 valence electrons. The van der Waals surface area contributed by atoms with Crippen LogP contribution in [0, 0.1) is 13.8 Å². The molecule has 21 aromatic rings. The summed E-state index contributed by atoms with van der Waals surface area (Å²) in [6.45, 7) is 4.27. The topological polar surface area (TPSA) is 133 Å². The third-order valence-electron chi connectivity index (χ3n) is 28.1. The summed E-state index contributed by atoms with van der Waals surface area (Å²) in [5.74, 6) is 0. The fraction of sp³-hybridized carbons (Fsp3) is 0.0288. The van der Waals surface area contributed by atoms with Crippen LogP contribution in [0.3, 0.4) is 0 Å². The van der Waals surface area contributed by atoms with Crippen molar-refractivity contribution in [2.24, 2.45) is 0 Å². The minimum absolute atomic E-state index is 0. The van der Waals surface area contributed by atoms with Crippen molar-refractivity contribution in [3.63, 3.8) is 0 Å². The molecule has 6 N–H and O–H groups in total. The number of aromatic nitrogens is 9. The Hall–Kier alpha value is -19.4. The minimum Gasteiger partial charge on any atom is -0.354 e. The van der Waals surface area contributed by atoms with Crippen LogP contribution >= 0.6 is 0 Å². The number of nitrogens with zero attached hydrogens (tertiary/aromatic N) is 3. The van der Waals surface area contributed by atoms with Crippen LogP contribution in [0.15, 0.2) is 443 Å². The highest BCUT2D eigenvalue weighted by atomic mass is 14.8. The van der Waals surface area contributed by atoms with Gasteiger partial charge in [-0.3, -0.25) is 0 Å². The largest absolute Gasteiger partial charge is 0.354 e. The predicted octanol–water partition coefficient (Wildman–Crippen LogP) is 37.9. The van der Waals surface area contributed by atoms with Gasteiger partial charge in [0.2, 0.25) is 0 Å². The lowest BCUT2D eigenvalue weighted by Gasteiger charge is -2.08. The third kappa shape index (κ3) is 18.1. The van der Waals surface area contributed by atoms with Crippen molar-refractivity contribution < 1.29 is 1.43 Å². The summed E-state index contributed by atoms with van der Waals surface area (Å²) in [5.41, 5.74) is 54.4. The molecule has 9 aromatic heterocycles. The van der Waals surface area contributed by atoms with E-state index in [1.165, 1.54) is 77.9 Å². The second-order valence-electron chi connectivity index (χ2n) is 37.4. The number of aryl methyl sites for hydroxylation is 2. The maximum absolute atomic E-state index is 5.38. The van der Waals surface area contributed by atoms with Crippen LogP contribution in [0.5, 0.6) is 0 Å². The molecule has 12 aromatic carbocycles. The molecule has 0 amide bonds. The van der Waals surface area contributed by atoms with Crippen molar-refractivity contribution in [1.29, 1.82) is 0 Å². The van der Waals surface area contributed by atoms with Gasteiger partial charge in [-0.1, -0.05) is 414 Å². The molecule has 3 aliphatic heterocycles. The normalized spacial score (nSPS) is 11.9. The number of H-pyrrole nitrogens is 6. The minimum atomic E-state index is 0. The highest BCUT2D eigenvalue weighted by Gasteiger charge is 2.25. The highest BCUT2D eigenvalue weighted by molar-refractivity contribution is 6.08. The number of aromatic amines is 6. The van der Waals surface area contributed by atoms with E-state index in [1.54, 1.807) is 0 Å². The highest BCUT2D eigenvalue weighted by Crippen LogP contribution is 2.47. The van der Waals surface area contributed by atoms with Gasteiger partial charge in [0.15, 0.2) is 0 Å². The van der Waals surface area contributed by atoms with E-state index >= 15 is 0 Å². The maximum atomic E-state index is 5.38. The number of hydrogen-bond acceptors (Lipinski definition) is 3. The van der Waals surface area contributed by atoms with Crippen LogP contribution in [0.4, 0.5) is 0 Å². The van der Waals surface area contributed by atoms with Crippen molar-refractivity contribution in [2.75, 3.05) is 0 Å². The molecule has 0 saturated carbocycles. The summed E-state index contributed by atoms with van der Waals surface area (Å²) in [6, 6.07) is 157. The number of rotatable bonds is 12. The molecule has 0 radical (unpaired) electrons. The van der Waals surface area contributed by atoms with Crippen LogP contribution in [-0.4, -0.2) is 44.9 Å². The van der Waals surface area contributed by atoms with Gasteiger partial charge < -0.3 is 29.9 Å². The molecular formula is C139H107N9. The SMILES string of the molecule is C.C.C1=Cc2nc1c(-c1ccccc1)c1ccc([nH]1)c(-c1ccccc1)c1nc(c(-c3ccccc3)c3ccc([nH]3)c2-c2ccccc2)C=C1.Cc1ccc(-c2c3cc(c(-c4ccccc4)c4ccc([nH]4)c(-c4ccccc4)c4cc(c(-c5ccccc5)c5ccc2[nH]5)C=C4)C=C3)cc1.Cc1ccc(-c2c3nc(c(-c4ccccc4)c4ccc([nH]4)c(-c4ccccc4)c4cc(c(-c5ccccc5)c5ccc2[nH]5)C=C4)C=C3)cc1.[HH]. The van der Waals surface area contributed by atoms with Gasteiger partial charge in [0, 0.05) is 134 Å². The molecule has 0 unspecified atom stereocenters. The van der Waals surface area contributed by atoms with E-state index < -0.39 is 0 Å². The van der Waals surface area contributed by atoms with Crippen LogP contribution in [0.1, 0.15) is 95.0 Å². The maximum Gasteiger partial charge on any atom is 0.0737 e. The lowest BCUT2D eigenvalue weighted by Crippen LogP contribution is -1.89. The first kappa shape index (κ1) is 92.4. The molecule has 148 heavy (non-hydrogen) atoms. The van der Waals surface area contributed by atoms with Gasteiger partial charge >= 0.3 is 0 Å². The predicted molar refractivity (Wildman–Crippen MR) is 633 cm³/mol. The molecule has 9 heteroatoms. The lowest BCUT2D eigenvalue weighted by molar-refractivity contribution is 1.31. The van der Waals surface area contributed by atoms with Gasteiger partial charge in [-0.05, 0) is 241 Å². The van der Waals surface area contributed by atoms with Gasteiger partial charge in [-0.15, -0.1) is 0 Å². The standard InChI is InChI=1S/C47H34N2.C46H33N3.C44H30N4.2CH4.H2/c1-31-17-19-35(20-18-31)47-39-24-23-38(30-39)46(34-15-9-4-10-16-34)41-26-25-40(48-41)44(32-11-5-2-6-12-32)36-21-22-37(29-36)45(33-13-7-3-8-14-33)42-27-28-43(47)49-42;1-30-17-19-34(20-18-30)46-41-26-24-38(48-41)44(32-13-7-3-8-14-32)36-22-21-35(29-36)43(31-11-5-2-6-12-31)37-23-25-39(47-37)45(33-15-9-4-10-16-33)40-27-28-42(46)49-40;1-5-13-29(14-6-1)41-33-21-23-35(45-33)42(30-15-7-2-8-16-30)37-25-27-39(47-37)44(32-19-11-4-12-20-32)40-28-26-38(48-40)43(31-17-9-3-10-18-31)36-24-22-34(41)46-36;;;/h2-30,48-49H,1H3;2-29,47-48H,1H3;1-28,45,48H;2*1H4;1H.